The fraction of sp³-hybridized carbons (Fsp3) is 0.500. The van der Waals surface area contributed by atoms with Gasteiger partial charge in [-0.15, -0.1) is 11.8 Å². The van der Waals surface area contributed by atoms with E-state index in [4.69, 9.17) is 4.74 Å². The van der Waals surface area contributed by atoms with Crippen molar-refractivity contribution < 1.29 is 24.2 Å². The number of thioether (sulfide) groups is 1. The minimum atomic E-state index is -1.06. The Labute approximate surface area is 230 Å². The van der Waals surface area contributed by atoms with E-state index in [1.807, 2.05) is 96.1 Å². The molecule has 2 aromatic rings. The van der Waals surface area contributed by atoms with E-state index in [1.165, 1.54) is 16.7 Å². The number of hydrogen-bond donors (Lipinski definition) is 2. The van der Waals surface area contributed by atoms with Crippen LogP contribution in [0, 0.1) is 5.92 Å². The van der Waals surface area contributed by atoms with Gasteiger partial charge in [0.15, 0.2) is 0 Å². The van der Waals surface area contributed by atoms with Crippen LogP contribution < -0.4 is 5.32 Å². The fourth-order valence-electron chi connectivity index (χ4n) is 5.19. The molecule has 1 aliphatic rings. The second-order valence-electron chi connectivity index (χ2n) is 11.8. The minimum Gasteiger partial charge on any atom is -0.480 e. The van der Waals surface area contributed by atoms with Gasteiger partial charge in [-0.05, 0) is 70.6 Å². The molecule has 0 spiro atoms. The number of nitrogens with zero attached hydrogens (tertiary/aromatic N) is 1. The number of carboxylic acid groups (broad SMARTS) is 1. The molecule has 0 aliphatic carbocycles. The van der Waals surface area contributed by atoms with E-state index in [2.05, 4.69) is 5.32 Å². The van der Waals surface area contributed by atoms with Gasteiger partial charge >= 0.3 is 12.1 Å². The first-order valence-electron chi connectivity index (χ1n) is 13.0. The summed E-state index contributed by atoms with van der Waals surface area (Å²) in [5.74, 6) is -1.40. The van der Waals surface area contributed by atoms with Crippen molar-refractivity contribution in [2.75, 3.05) is 0 Å². The van der Waals surface area contributed by atoms with Gasteiger partial charge in [0, 0.05) is 4.75 Å². The molecule has 0 bridgehead atoms. The summed E-state index contributed by atoms with van der Waals surface area (Å²) in [6.07, 6.45) is -0.374. The predicted octanol–water partition coefficient (Wildman–Crippen LogP) is 6.27. The van der Waals surface area contributed by atoms with Crippen LogP contribution in [0.4, 0.5) is 4.79 Å². The summed E-state index contributed by atoms with van der Waals surface area (Å²) in [4.78, 5) is 39.8. The van der Waals surface area contributed by atoms with Crippen LogP contribution in [-0.2, 0) is 19.9 Å². The third-order valence-electron chi connectivity index (χ3n) is 6.81. The number of benzene rings is 2. The third kappa shape index (κ3) is 6.52. The molecule has 0 unspecified atom stereocenters. The third-order valence-corrected chi connectivity index (χ3v) is 8.26. The van der Waals surface area contributed by atoms with Crippen molar-refractivity contribution >= 4 is 29.7 Å². The molecule has 0 radical (unpaired) electrons. The lowest BCUT2D eigenvalue weighted by Crippen LogP contribution is -2.59. The summed E-state index contributed by atoms with van der Waals surface area (Å²) in [6.45, 7) is 14.8. The highest BCUT2D eigenvalue weighted by Gasteiger charge is 2.58. The average molecular weight is 541 g/mol. The highest BCUT2D eigenvalue weighted by Crippen LogP contribution is 2.51. The number of ether oxygens (including phenoxy) is 1. The lowest BCUT2D eigenvalue weighted by molar-refractivity contribution is -0.153. The number of carboxylic acids is 1. The second-order valence-corrected chi connectivity index (χ2v) is 14.0. The van der Waals surface area contributed by atoms with E-state index >= 15 is 0 Å². The quantitative estimate of drug-likeness (QED) is 0.410. The lowest BCUT2D eigenvalue weighted by Gasteiger charge is -2.37. The molecule has 1 heterocycles. The van der Waals surface area contributed by atoms with Gasteiger partial charge in [-0.2, -0.15) is 0 Å². The van der Waals surface area contributed by atoms with E-state index in [-0.39, 0.29) is 5.92 Å². The smallest absolute Gasteiger partial charge is 0.408 e. The van der Waals surface area contributed by atoms with Gasteiger partial charge in [0.1, 0.15) is 17.7 Å². The van der Waals surface area contributed by atoms with Gasteiger partial charge in [0.25, 0.3) is 0 Å². The zero-order valence-corrected chi connectivity index (χ0v) is 24.4. The van der Waals surface area contributed by atoms with Crippen LogP contribution in [0.15, 0.2) is 54.6 Å². The van der Waals surface area contributed by atoms with E-state index in [0.29, 0.717) is 6.42 Å². The molecular weight excluding hydrogens is 500 g/mol. The minimum absolute atomic E-state index is 0.0810. The summed E-state index contributed by atoms with van der Waals surface area (Å²) in [5, 5.41) is 12.8. The summed E-state index contributed by atoms with van der Waals surface area (Å²) >= 11 is 1.44. The zero-order chi connectivity index (χ0) is 28.5. The van der Waals surface area contributed by atoms with Crippen LogP contribution in [0.3, 0.4) is 0 Å². The highest BCUT2D eigenvalue weighted by molar-refractivity contribution is 8.02. The molecule has 2 N–H and O–H groups in total. The van der Waals surface area contributed by atoms with E-state index in [9.17, 15) is 19.5 Å². The molecule has 2 atom stereocenters. The van der Waals surface area contributed by atoms with Crippen LogP contribution in [-0.4, -0.2) is 49.7 Å². The molecule has 0 saturated carbocycles. The first-order valence-corrected chi connectivity index (χ1v) is 13.8. The predicted molar refractivity (Wildman–Crippen MR) is 152 cm³/mol. The Hall–Kier alpha value is -3.00. The summed E-state index contributed by atoms with van der Waals surface area (Å²) in [7, 11) is 0. The van der Waals surface area contributed by atoms with Crippen LogP contribution in [0.25, 0.3) is 11.1 Å². The Balaban J connectivity index is 1.79. The van der Waals surface area contributed by atoms with Crippen LogP contribution in [0.5, 0.6) is 0 Å². The van der Waals surface area contributed by atoms with Gasteiger partial charge in [0.05, 0.1) is 4.87 Å². The molecule has 8 heteroatoms. The van der Waals surface area contributed by atoms with Gasteiger partial charge in [-0.1, -0.05) is 68.4 Å². The van der Waals surface area contributed by atoms with Crippen molar-refractivity contribution in [1.29, 1.82) is 0 Å². The standard InChI is InChI=1S/C30H40N2O5S/c1-19(2)18-23(25(33)32-24(26(34)35)29(5,6)38-30(32,7)8)31-27(36)37-28(3,4)22-16-14-21(15-17-22)20-12-10-9-11-13-20/h9-17,19,23-24H,18H2,1-8H3,(H,31,36)(H,34,35)/t23-,24+/m0/s1. The van der Waals surface area contributed by atoms with Gasteiger partial charge in [-0.3, -0.25) is 4.79 Å². The SMILES string of the molecule is CC(C)C[C@H](NC(=O)OC(C)(C)c1ccc(-c2ccccc2)cc1)C(=O)N1[C@H](C(=O)O)C(C)(C)SC1(C)C. The number of hydrogen-bond acceptors (Lipinski definition) is 5. The van der Waals surface area contributed by atoms with E-state index < -0.39 is 45.3 Å². The Morgan fingerprint density at radius 1 is 1.00 bits per heavy atom. The molecular formula is C30H40N2O5S. The van der Waals surface area contributed by atoms with Crippen molar-refractivity contribution in [3.8, 4) is 11.1 Å². The van der Waals surface area contributed by atoms with E-state index in [1.54, 1.807) is 13.8 Å². The number of rotatable bonds is 8. The molecule has 1 fully saturated rings. The summed E-state index contributed by atoms with van der Waals surface area (Å²) < 4.78 is 5.13. The van der Waals surface area contributed by atoms with Crippen molar-refractivity contribution in [2.45, 2.75) is 89.1 Å². The van der Waals surface area contributed by atoms with Crippen LogP contribution in [0.2, 0.25) is 0 Å². The lowest BCUT2D eigenvalue weighted by atomic mass is 9.95. The van der Waals surface area contributed by atoms with Crippen molar-refractivity contribution in [3.05, 3.63) is 60.2 Å². The number of carbonyl (C=O) groups excluding carboxylic acids is 2. The Morgan fingerprint density at radius 3 is 2.08 bits per heavy atom. The van der Waals surface area contributed by atoms with Crippen LogP contribution in [0.1, 0.15) is 67.4 Å². The average Bonchev–Trinajstić information content (AvgIpc) is 3.01. The number of nitrogens with one attached hydrogen (secondary N) is 1. The Bertz CT molecular complexity index is 1160. The topological polar surface area (TPSA) is 95.9 Å². The summed E-state index contributed by atoms with van der Waals surface area (Å²) in [5.41, 5.74) is 2.00. The normalized spacial score (nSPS) is 19.2. The fourth-order valence-corrected chi connectivity index (χ4v) is 7.09. The molecule has 38 heavy (non-hydrogen) atoms. The van der Waals surface area contributed by atoms with Gasteiger partial charge < -0.3 is 20.1 Å². The number of aliphatic carboxylic acids is 1. The van der Waals surface area contributed by atoms with Crippen molar-refractivity contribution in [2.24, 2.45) is 5.92 Å². The van der Waals surface area contributed by atoms with E-state index in [0.717, 1.165) is 16.7 Å². The summed E-state index contributed by atoms with van der Waals surface area (Å²) in [6, 6.07) is 15.9. The molecule has 1 saturated heterocycles. The Kier molecular flexibility index (Phi) is 8.56. The maximum atomic E-state index is 13.8. The Morgan fingerprint density at radius 2 is 1.55 bits per heavy atom. The highest BCUT2D eigenvalue weighted by atomic mass is 32.2. The maximum Gasteiger partial charge on any atom is 0.408 e. The number of alkyl carbamates (subject to hydrolysis) is 1. The molecule has 2 amide bonds. The van der Waals surface area contributed by atoms with Gasteiger partial charge in [0.2, 0.25) is 5.91 Å². The largest absolute Gasteiger partial charge is 0.480 e. The monoisotopic (exact) mass is 540 g/mol. The zero-order valence-electron chi connectivity index (χ0n) is 23.6. The number of amides is 2. The molecule has 206 valence electrons. The second kappa shape index (κ2) is 11.0. The molecule has 1 aliphatic heterocycles. The van der Waals surface area contributed by atoms with Crippen molar-refractivity contribution in [1.82, 2.24) is 10.2 Å². The van der Waals surface area contributed by atoms with Gasteiger partial charge in [-0.25, -0.2) is 9.59 Å². The first kappa shape index (κ1) is 29.6. The maximum absolute atomic E-state index is 13.8. The van der Waals surface area contributed by atoms with Crippen LogP contribution >= 0.6 is 11.8 Å². The molecule has 2 aromatic carbocycles. The molecule has 7 nitrogen and oxygen atoms in total. The first-order chi connectivity index (χ1) is 17.5. The molecule has 0 aromatic heterocycles. The van der Waals surface area contributed by atoms with Crippen molar-refractivity contribution in [3.63, 3.8) is 0 Å². The number of carbonyl (C=O) groups is 3. The molecule has 3 rings (SSSR count).